The molecule has 1 saturated heterocycles. The lowest BCUT2D eigenvalue weighted by molar-refractivity contribution is -0.117. The molecule has 1 aliphatic heterocycles. The third-order valence-electron chi connectivity index (χ3n) is 2.86. The molecule has 0 saturated carbocycles. The van der Waals surface area contributed by atoms with Gasteiger partial charge in [-0.1, -0.05) is 12.1 Å². The lowest BCUT2D eigenvalue weighted by Gasteiger charge is -2.16. The van der Waals surface area contributed by atoms with E-state index in [0.717, 1.165) is 10.9 Å². The van der Waals surface area contributed by atoms with Crippen LogP contribution in [0.1, 0.15) is 6.42 Å². The number of nitrogens with zero attached hydrogens (tertiary/aromatic N) is 3. The highest BCUT2D eigenvalue weighted by Gasteiger charge is 2.30. The predicted octanol–water partition coefficient (Wildman–Crippen LogP) is 1.97. The smallest absolute Gasteiger partial charge is 0.229 e. The summed E-state index contributed by atoms with van der Waals surface area (Å²) in [4.78, 5) is 21.8. The molecule has 1 aromatic carbocycles. The number of aromatic nitrogens is 2. The first-order valence-corrected chi connectivity index (χ1v) is 5.83. The molecule has 5 heteroatoms. The van der Waals surface area contributed by atoms with E-state index in [0.29, 0.717) is 18.8 Å². The number of hydrogen-bond donors (Lipinski definition) is 0. The van der Waals surface area contributed by atoms with Crippen molar-refractivity contribution in [1.29, 1.82) is 0 Å². The van der Waals surface area contributed by atoms with Crippen LogP contribution in [0.25, 0.3) is 10.9 Å². The van der Waals surface area contributed by atoms with Crippen molar-refractivity contribution < 1.29 is 4.79 Å². The topological polar surface area (TPSA) is 46.1 Å². The van der Waals surface area contributed by atoms with Crippen molar-refractivity contribution in [2.75, 3.05) is 11.4 Å². The summed E-state index contributed by atoms with van der Waals surface area (Å²) < 4.78 is 0. The molecule has 1 aromatic heterocycles. The van der Waals surface area contributed by atoms with Crippen LogP contribution in [-0.2, 0) is 4.79 Å². The van der Waals surface area contributed by atoms with E-state index in [4.69, 9.17) is 11.6 Å². The van der Waals surface area contributed by atoms with Crippen LogP contribution >= 0.6 is 11.6 Å². The zero-order chi connectivity index (χ0) is 11.8. The highest BCUT2D eigenvalue weighted by Crippen LogP contribution is 2.27. The molecule has 17 heavy (non-hydrogen) atoms. The number of rotatable bonds is 1. The fraction of sp³-hybridized carbons (Fsp3) is 0.250. The molecule has 86 valence electrons. The van der Waals surface area contributed by atoms with E-state index in [-0.39, 0.29) is 11.3 Å². The summed E-state index contributed by atoms with van der Waals surface area (Å²) in [6.07, 6.45) is 1.85. The van der Waals surface area contributed by atoms with Gasteiger partial charge in [-0.3, -0.25) is 9.69 Å². The molecule has 1 fully saturated rings. The normalized spacial score (nSPS) is 20.2. The maximum absolute atomic E-state index is 11.8. The third-order valence-corrected chi connectivity index (χ3v) is 3.15. The highest BCUT2D eigenvalue weighted by molar-refractivity contribution is 6.24. The van der Waals surface area contributed by atoms with Crippen LogP contribution in [0.5, 0.6) is 0 Å². The quantitative estimate of drug-likeness (QED) is 0.724. The number of carbonyl (C=O) groups is 1. The number of alkyl halides is 1. The van der Waals surface area contributed by atoms with Crippen LogP contribution in [0.4, 0.5) is 5.82 Å². The molecule has 0 N–H and O–H groups in total. The van der Waals surface area contributed by atoms with Crippen LogP contribution in [0, 0.1) is 0 Å². The van der Waals surface area contributed by atoms with Crippen LogP contribution < -0.4 is 4.90 Å². The molecule has 1 atom stereocenters. The Kier molecular flexibility index (Phi) is 2.44. The average molecular weight is 248 g/mol. The molecule has 1 amide bonds. The molecular weight excluding hydrogens is 238 g/mol. The third kappa shape index (κ3) is 1.74. The van der Waals surface area contributed by atoms with Gasteiger partial charge in [-0.25, -0.2) is 9.97 Å². The molecule has 0 aliphatic carbocycles. The summed E-state index contributed by atoms with van der Waals surface area (Å²) in [5.74, 6) is 0.678. The Morgan fingerprint density at radius 3 is 2.88 bits per heavy atom. The second-order valence-electron chi connectivity index (χ2n) is 4.02. The first-order valence-electron chi connectivity index (χ1n) is 5.40. The highest BCUT2D eigenvalue weighted by atomic mass is 35.5. The maximum Gasteiger partial charge on any atom is 0.229 e. The van der Waals surface area contributed by atoms with Gasteiger partial charge in [-0.05, 0) is 12.1 Å². The van der Waals surface area contributed by atoms with Crippen molar-refractivity contribution in [3.63, 3.8) is 0 Å². The summed E-state index contributed by atoms with van der Waals surface area (Å²) in [5.41, 5.74) is 0.836. The zero-order valence-corrected chi connectivity index (χ0v) is 9.76. The minimum Gasteiger partial charge on any atom is -0.295 e. The Morgan fingerprint density at radius 2 is 2.12 bits per heavy atom. The van der Waals surface area contributed by atoms with Crippen LogP contribution in [-0.4, -0.2) is 27.8 Å². The number of amides is 1. The molecule has 0 radical (unpaired) electrons. The van der Waals surface area contributed by atoms with Gasteiger partial charge < -0.3 is 0 Å². The minimum atomic E-state index is -0.128. The molecule has 1 aliphatic rings. The monoisotopic (exact) mass is 247 g/mol. The second kappa shape index (κ2) is 3.96. The molecule has 1 unspecified atom stereocenters. The Bertz CT molecular complexity index is 581. The van der Waals surface area contributed by atoms with Crippen molar-refractivity contribution in [1.82, 2.24) is 9.97 Å². The molecule has 0 spiro atoms. The van der Waals surface area contributed by atoms with Crippen LogP contribution in [0.2, 0.25) is 0 Å². The van der Waals surface area contributed by atoms with Gasteiger partial charge in [0, 0.05) is 18.4 Å². The largest absolute Gasteiger partial charge is 0.295 e. The van der Waals surface area contributed by atoms with Gasteiger partial charge in [-0.15, -0.1) is 11.6 Å². The van der Waals surface area contributed by atoms with E-state index < -0.39 is 0 Å². The maximum atomic E-state index is 11.8. The van der Waals surface area contributed by atoms with E-state index in [1.54, 1.807) is 4.90 Å². The van der Waals surface area contributed by atoms with Gasteiger partial charge in [0.15, 0.2) is 0 Å². The van der Waals surface area contributed by atoms with Crippen molar-refractivity contribution in [2.45, 2.75) is 11.8 Å². The fourth-order valence-corrected chi connectivity index (χ4v) is 2.34. The van der Waals surface area contributed by atoms with Gasteiger partial charge in [0.25, 0.3) is 0 Å². The number of carbonyl (C=O) groups excluding carboxylic acids is 1. The van der Waals surface area contributed by atoms with Gasteiger partial charge in [0.1, 0.15) is 12.1 Å². The molecular formula is C12H10ClN3O. The number of fused-ring (bicyclic) bond motifs is 1. The Labute approximate surface area is 103 Å². The number of halogens is 1. The molecule has 2 heterocycles. The Balaban J connectivity index is 2.14. The van der Waals surface area contributed by atoms with E-state index in [1.165, 1.54) is 6.33 Å². The number of para-hydroxylation sites is 1. The molecule has 3 rings (SSSR count). The predicted molar refractivity (Wildman–Crippen MR) is 66.1 cm³/mol. The number of hydrogen-bond acceptors (Lipinski definition) is 3. The summed E-state index contributed by atoms with van der Waals surface area (Å²) in [6.45, 7) is 0.515. The van der Waals surface area contributed by atoms with Crippen molar-refractivity contribution in [3.8, 4) is 0 Å². The van der Waals surface area contributed by atoms with Crippen molar-refractivity contribution >= 4 is 34.2 Å². The summed E-state index contributed by atoms with van der Waals surface area (Å²) in [7, 11) is 0. The fourth-order valence-electron chi connectivity index (χ4n) is 2.07. The zero-order valence-electron chi connectivity index (χ0n) is 9.01. The number of benzene rings is 1. The standard InChI is InChI=1S/C12H10ClN3O/c13-8-5-11(17)16(6-8)12-9-3-1-2-4-10(9)14-7-15-12/h1-4,7-8H,5-6H2. The van der Waals surface area contributed by atoms with E-state index >= 15 is 0 Å². The first kappa shape index (κ1) is 10.5. The lowest BCUT2D eigenvalue weighted by atomic mass is 10.2. The van der Waals surface area contributed by atoms with Gasteiger partial charge in [-0.2, -0.15) is 0 Å². The van der Waals surface area contributed by atoms with E-state index in [2.05, 4.69) is 9.97 Å². The summed E-state index contributed by atoms with van der Waals surface area (Å²) in [5, 5.41) is 0.755. The minimum absolute atomic E-state index is 0.0221. The summed E-state index contributed by atoms with van der Waals surface area (Å²) >= 11 is 6.00. The Hall–Kier alpha value is -1.68. The van der Waals surface area contributed by atoms with Crippen LogP contribution in [0.15, 0.2) is 30.6 Å². The van der Waals surface area contributed by atoms with Crippen LogP contribution in [0.3, 0.4) is 0 Å². The number of anilines is 1. The second-order valence-corrected chi connectivity index (χ2v) is 4.64. The molecule has 0 bridgehead atoms. The van der Waals surface area contributed by atoms with Gasteiger partial charge >= 0.3 is 0 Å². The lowest BCUT2D eigenvalue weighted by Crippen LogP contribution is -2.25. The van der Waals surface area contributed by atoms with Crippen molar-refractivity contribution in [3.05, 3.63) is 30.6 Å². The summed E-state index contributed by atoms with van der Waals surface area (Å²) in [6, 6.07) is 7.64. The van der Waals surface area contributed by atoms with E-state index in [9.17, 15) is 4.79 Å². The SMILES string of the molecule is O=C1CC(Cl)CN1c1ncnc2ccccc12. The average Bonchev–Trinajstić information content (AvgIpc) is 2.68. The Morgan fingerprint density at radius 1 is 1.29 bits per heavy atom. The first-order chi connectivity index (χ1) is 8.25. The van der Waals surface area contributed by atoms with E-state index in [1.807, 2.05) is 24.3 Å². The molecule has 2 aromatic rings. The molecule has 4 nitrogen and oxygen atoms in total. The van der Waals surface area contributed by atoms with Crippen molar-refractivity contribution in [2.24, 2.45) is 0 Å². The van der Waals surface area contributed by atoms with Gasteiger partial charge in [0.2, 0.25) is 5.91 Å². The van der Waals surface area contributed by atoms with Gasteiger partial charge in [0.05, 0.1) is 10.9 Å².